The van der Waals surface area contributed by atoms with Gasteiger partial charge in [0.05, 0.1) is 23.4 Å². The molecule has 0 spiro atoms. The fourth-order valence-corrected chi connectivity index (χ4v) is 3.37. The Bertz CT molecular complexity index is 463. The number of likely N-dealkylation sites (N-methyl/N-ethyl adjacent to an activating group) is 1. The fraction of sp³-hybridized carbons (Fsp3) is 0.714. The summed E-state index contributed by atoms with van der Waals surface area (Å²) in [6.45, 7) is 6.00. The van der Waals surface area contributed by atoms with Gasteiger partial charge in [-0.1, -0.05) is 6.92 Å². The van der Waals surface area contributed by atoms with Crippen LogP contribution in [0.15, 0.2) is 5.51 Å². The summed E-state index contributed by atoms with van der Waals surface area (Å²) in [4.78, 5) is 21.5. The van der Waals surface area contributed by atoms with Gasteiger partial charge in [-0.3, -0.25) is 9.69 Å². The average Bonchev–Trinajstić information content (AvgIpc) is 3.01. The zero-order valence-electron chi connectivity index (χ0n) is 12.4. The molecule has 0 aromatic carbocycles. The predicted molar refractivity (Wildman–Crippen MR) is 79.9 cm³/mol. The molecule has 20 heavy (non-hydrogen) atoms. The maximum Gasteiger partial charge on any atom is 0.223 e. The van der Waals surface area contributed by atoms with Crippen LogP contribution in [0.2, 0.25) is 0 Å². The molecule has 1 amide bonds. The van der Waals surface area contributed by atoms with Gasteiger partial charge in [0, 0.05) is 24.4 Å². The van der Waals surface area contributed by atoms with E-state index in [9.17, 15) is 9.90 Å². The molecule has 2 heterocycles. The molecule has 2 rings (SSSR count). The van der Waals surface area contributed by atoms with Crippen molar-refractivity contribution in [3.05, 3.63) is 16.1 Å². The molecule has 1 fully saturated rings. The molecule has 0 saturated carbocycles. The van der Waals surface area contributed by atoms with E-state index in [1.807, 2.05) is 19.5 Å². The van der Waals surface area contributed by atoms with Gasteiger partial charge in [-0.2, -0.15) is 0 Å². The van der Waals surface area contributed by atoms with E-state index in [0.29, 0.717) is 19.5 Å². The maximum absolute atomic E-state index is 12.2. The van der Waals surface area contributed by atoms with Gasteiger partial charge in [0.15, 0.2) is 0 Å². The molecule has 0 unspecified atom stereocenters. The summed E-state index contributed by atoms with van der Waals surface area (Å²) in [6, 6.07) is 0.0640. The maximum atomic E-state index is 12.2. The van der Waals surface area contributed by atoms with Crippen LogP contribution in [0.3, 0.4) is 0 Å². The number of likely N-dealkylation sites (tertiary alicyclic amines) is 1. The molecule has 0 aliphatic carbocycles. The first-order valence-corrected chi connectivity index (χ1v) is 7.96. The van der Waals surface area contributed by atoms with Crippen molar-refractivity contribution >= 4 is 17.2 Å². The normalized spacial score (nSPS) is 22.8. The van der Waals surface area contributed by atoms with E-state index in [4.69, 9.17) is 0 Å². The first-order chi connectivity index (χ1) is 9.52. The summed E-state index contributed by atoms with van der Waals surface area (Å²) in [5.41, 5.74) is 2.84. The second-order valence-electron chi connectivity index (χ2n) is 5.37. The minimum Gasteiger partial charge on any atom is -0.390 e. The van der Waals surface area contributed by atoms with Crippen LogP contribution in [0.4, 0.5) is 0 Å². The number of carbonyl (C=O) groups is 1. The lowest BCUT2D eigenvalue weighted by Crippen LogP contribution is -2.40. The van der Waals surface area contributed by atoms with Gasteiger partial charge in [-0.05, 0) is 26.9 Å². The molecule has 5 nitrogen and oxygen atoms in total. The number of hydrogen-bond donors (Lipinski definition) is 1. The number of hydrogen-bond acceptors (Lipinski definition) is 5. The van der Waals surface area contributed by atoms with Crippen molar-refractivity contribution in [3.63, 3.8) is 0 Å². The molecule has 0 radical (unpaired) electrons. The van der Waals surface area contributed by atoms with Gasteiger partial charge in [0.1, 0.15) is 0 Å². The number of nitrogens with zero attached hydrogens (tertiary/aromatic N) is 3. The van der Waals surface area contributed by atoms with Crippen LogP contribution in [0, 0.1) is 6.92 Å². The topological polar surface area (TPSA) is 56.7 Å². The second kappa shape index (κ2) is 6.65. The second-order valence-corrected chi connectivity index (χ2v) is 6.31. The molecule has 2 atom stereocenters. The summed E-state index contributed by atoms with van der Waals surface area (Å²) in [7, 11) is 1.99. The fourth-order valence-electron chi connectivity index (χ4n) is 2.59. The van der Waals surface area contributed by atoms with Gasteiger partial charge in [0.2, 0.25) is 5.91 Å². The first kappa shape index (κ1) is 15.4. The predicted octanol–water partition coefficient (Wildman–Crippen LogP) is 0.908. The molecular formula is C14H23N3O2S. The van der Waals surface area contributed by atoms with Crippen LogP contribution in [-0.4, -0.2) is 64.6 Å². The summed E-state index contributed by atoms with van der Waals surface area (Å²) < 4.78 is 0. The van der Waals surface area contributed by atoms with Crippen molar-refractivity contribution < 1.29 is 9.90 Å². The van der Waals surface area contributed by atoms with Gasteiger partial charge in [-0.25, -0.2) is 4.98 Å². The van der Waals surface area contributed by atoms with Crippen LogP contribution in [0.5, 0.6) is 0 Å². The van der Waals surface area contributed by atoms with E-state index in [-0.39, 0.29) is 11.9 Å². The van der Waals surface area contributed by atoms with Crippen molar-refractivity contribution in [2.45, 2.75) is 38.8 Å². The molecule has 1 aromatic rings. The quantitative estimate of drug-likeness (QED) is 0.877. The number of aryl methyl sites for hydroxylation is 2. The molecule has 1 N–H and O–H groups in total. The monoisotopic (exact) mass is 297 g/mol. The lowest BCUT2D eigenvalue weighted by Gasteiger charge is -2.24. The van der Waals surface area contributed by atoms with E-state index < -0.39 is 6.10 Å². The van der Waals surface area contributed by atoms with Crippen molar-refractivity contribution in [3.8, 4) is 0 Å². The molecule has 1 aromatic heterocycles. The van der Waals surface area contributed by atoms with Crippen LogP contribution >= 0.6 is 11.3 Å². The lowest BCUT2D eigenvalue weighted by molar-refractivity contribution is -0.130. The number of β-amino-alcohol motifs (C(OH)–C–C–N with tert-alkyl or cyclic N) is 1. The Morgan fingerprint density at radius 1 is 1.60 bits per heavy atom. The Morgan fingerprint density at radius 3 is 2.95 bits per heavy atom. The Morgan fingerprint density at radius 2 is 2.35 bits per heavy atom. The summed E-state index contributed by atoms with van der Waals surface area (Å²) in [6.07, 6.45) is 0.808. The number of aliphatic hydroxyl groups excluding tert-OH is 1. The highest BCUT2D eigenvalue weighted by molar-refractivity contribution is 7.09. The largest absolute Gasteiger partial charge is 0.390 e. The zero-order chi connectivity index (χ0) is 14.7. The van der Waals surface area contributed by atoms with E-state index >= 15 is 0 Å². The van der Waals surface area contributed by atoms with E-state index in [1.54, 1.807) is 16.2 Å². The third kappa shape index (κ3) is 3.37. The van der Waals surface area contributed by atoms with Crippen molar-refractivity contribution in [1.29, 1.82) is 0 Å². The number of amides is 1. The van der Waals surface area contributed by atoms with Crippen molar-refractivity contribution in [2.24, 2.45) is 0 Å². The van der Waals surface area contributed by atoms with Gasteiger partial charge < -0.3 is 10.0 Å². The number of carbonyl (C=O) groups excluding carboxylic acids is 1. The minimum atomic E-state index is -0.436. The van der Waals surface area contributed by atoms with Crippen LogP contribution in [-0.2, 0) is 11.2 Å². The van der Waals surface area contributed by atoms with Crippen molar-refractivity contribution in [2.75, 3.05) is 26.7 Å². The molecule has 1 aliphatic rings. The van der Waals surface area contributed by atoms with Gasteiger partial charge in [-0.15, -0.1) is 11.3 Å². The highest BCUT2D eigenvalue weighted by atomic mass is 32.1. The number of rotatable bonds is 5. The molecule has 6 heteroatoms. The van der Waals surface area contributed by atoms with Crippen LogP contribution in [0.1, 0.15) is 23.9 Å². The van der Waals surface area contributed by atoms with Gasteiger partial charge in [0.25, 0.3) is 0 Å². The summed E-state index contributed by atoms with van der Waals surface area (Å²) >= 11 is 1.60. The van der Waals surface area contributed by atoms with Crippen LogP contribution < -0.4 is 0 Å². The molecule has 1 saturated heterocycles. The molecule has 112 valence electrons. The van der Waals surface area contributed by atoms with E-state index in [2.05, 4.69) is 16.8 Å². The molecular weight excluding hydrogens is 274 g/mol. The minimum absolute atomic E-state index is 0.0640. The van der Waals surface area contributed by atoms with E-state index in [1.165, 1.54) is 4.88 Å². The number of thiazole rings is 1. The standard InChI is InChI=1S/C14H23N3O2S/c1-4-16(3)11-7-17(8-12(11)18)14(19)6-5-13-10(2)15-9-20-13/h9,11-12,18H,4-8H2,1-3H3/t11-,12-/m0/s1. The first-order valence-electron chi connectivity index (χ1n) is 7.08. The van der Waals surface area contributed by atoms with E-state index in [0.717, 1.165) is 18.7 Å². The third-order valence-electron chi connectivity index (χ3n) is 4.09. The smallest absolute Gasteiger partial charge is 0.223 e. The molecule has 1 aliphatic heterocycles. The highest BCUT2D eigenvalue weighted by Gasteiger charge is 2.35. The molecule has 0 bridgehead atoms. The Hall–Kier alpha value is -0.980. The van der Waals surface area contributed by atoms with Crippen molar-refractivity contribution in [1.82, 2.24) is 14.8 Å². The number of aromatic nitrogens is 1. The lowest BCUT2D eigenvalue weighted by atomic mass is 10.2. The van der Waals surface area contributed by atoms with Gasteiger partial charge >= 0.3 is 0 Å². The van der Waals surface area contributed by atoms with Crippen LogP contribution in [0.25, 0.3) is 0 Å². The third-order valence-corrected chi connectivity index (χ3v) is 5.08. The number of aliphatic hydroxyl groups is 1. The Balaban J connectivity index is 1.86. The summed E-state index contributed by atoms with van der Waals surface area (Å²) in [5.74, 6) is 0.129. The Labute approximate surface area is 124 Å². The summed E-state index contributed by atoms with van der Waals surface area (Å²) in [5, 5.41) is 10.1. The zero-order valence-corrected chi connectivity index (χ0v) is 13.2. The average molecular weight is 297 g/mol. The Kier molecular flexibility index (Phi) is 5.12. The highest BCUT2D eigenvalue weighted by Crippen LogP contribution is 2.19. The SMILES string of the molecule is CCN(C)[C@H]1CN(C(=O)CCc2scnc2C)C[C@@H]1O.